The van der Waals surface area contributed by atoms with Gasteiger partial charge in [0.15, 0.2) is 0 Å². The predicted molar refractivity (Wildman–Crippen MR) is 72.5 cm³/mol. The number of pyridine rings is 1. The quantitative estimate of drug-likeness (QED) is 0.641. The number of carbonyl (C=O) groups is 1. The number of hydrogen-bond donors (Lipinski definition) is 1. The van der Waals surface area contributed by atoms with Crippen molar-refractivity contribution in [3.63, 3.8) is 0 Å². The molecule has 6 heteroatoms. The van der Waals surface area contributed by atoms with E-state index in [2.05, 4.69) is 9.88 Å². The number of nitrogens with two attached hydrogens (primary N) is 1. The zero-order chi connectivity index (χ0) is 13.1. The van der Waals surface area contributed by atoms with Gasteiger partial charge in [0.1, 0.15) is 10.7 Å². The van der Waals surface area contributed by atoms with Gasteiger partial charge in [0.25, 0.3) is 0 Å². The van der Waals surface area contributed by atoms with E-state index in [4.69, 9.17) is 22.7 Å². The standard InChI is InChI=1S/C12H15N3O2S/c1-17-12(16)8-4-6-15(7-8)9-3-2-5-14-10(9)11(13)18/h2-3,5,8H,4,6-7H2,1H3,(H2,13,18). The molecule has 5 nitrogen and oxygen atoms in total. The van der Waals surface area contributed by atoms with Crippen LogP contribution in [-0.4, -0.2) is 36.1 Å². The number of rotatable bonds is 3. The predicted octanol–water partition coefficient (Wildman–Crippen LogP) is 0.715. The molecule has 0 radical (unpaired) electrons. The van der Waals surface area contributed by atoms with E-state index in [9.17, 15) is 4.79 Å². The maximum atomic E-state index is 11.5. The fourth-order valence-corrected chi connectivity index (χ4v) is 2.34. The zero-order valence-corrected chi connectivity index (χ0v) is 10.9. The van der Waals surface area contributed by atoms with Crippen LogP contribution < -0.4 is 10.6 Å². The largest absolute Gasteiger partial charge is 0.469 e. The third-order valence-electron chi connectivity index (χ3n) is 3.08. The van der Waals surface area contributed by atoms with E-state index in [1.165, 1.54) is 7.11 Å². The zero-order valence-electron chi connectivity index (χ0n) is 10.1. The lowest BCUT2D eigenvalue weighted by Gasteiger charge is -2.20. The van der Waals surface area contributed by atoms with Crippen molar-refractivity contribution in [1.29, 1.82) is 0 Å². The van der Waals surface area contributed by atoms with E-state index in [1.54, 1.807) is 6.20 Å². The van der Waals surface area contributed by atoms with E-state index >= 15 is 0 Å². The van der Waals surface area contributed by atoms with Gasteiger partial charge in [-0.05, 0) is 18.6 Å². The van der Waals surface area contributed by atoms with E-state index < -0.39 is 0 Å². The van der Waals surface area contributed by atoms with Crippen molar-refractivity contribution < 1.29 is 9.53 Å². The van der Waals surface area contributed by atoms with Crippen molar-refractivity contribution in [1.82, 2.24) is 4.98 Å². The maximum Gasteiger partial charge on any atom is 0.310 e. The van der Waals surface area contributed by atoms with Gasteiger partial charge in [0.05, 0.1) is 18.7 Å². The third-order valence-corrected chi connectivity index (χ3v) is 3.28. The van der Waals surface area contributed by atoms with Crippen LogP contribution in [0.5, 0.6) is 0 Å². The first kappa shape index (κ1) is 12.8. The summed E-state index contributed by atoms with van der Waals surface area (Å²) >= 11 is 4.99. The Balaban J connectivity index is 2.19. The summed E-state index contributed by atoms with van der Waals surface area (Å²) < 4.78 is 4.76. The summed E-state index contributed by atoms with van der Waals surface area (Å²) in [5, 5.41) is 0. The molecular weight excluding hydrogens is 250 g/mol. The normalized spacial score (nSPS) is 18.7. The lowest BCUT2D eigenvalue weighted by molar-refractivity contribution is -0.144. The number of anilines is 1. The minimum atomic E-state index is -0.168. The second-order valence-corrected chi connectivity index (χ2v) is 4.63. The fourth-order valence-electron chi connectivity index (χ4n) is 2.18. The van der Waals surface area contributed by atoms with E-state index in [-0.39, 0.29) is 16.9 Å². The summed E-state index contributed by atoms with van der Waals surface area (Å²) in [6.45, 7) is 1.40. The van der Waals surface area contributed by atoms with Crippen LogP contribution in [0, 0.1) is 5.92 Å². The van der Waals surface area contributed by atoms with Crippen LogP contribution in [0.1, 0.15) is 12.1 Å². The van der Waals surface area contributed by atoms with Crippen LogP contribution >= 0.6 is 12.2 Å². The van der Waals surface area contributed by atoms with Crippen LogP contribution in [0.25, 0.3) is 0 Å². The van der Waals surface area contributed by atoms with Crippen LogP contribution in [-0.2, 0) is 9.53 Å². The molecule has 1 aromatic rings. The molecular formula is C12H15N3O2S. The van der Waals surface area contributed by atoms with Gasteiger partial charge in [-0.3, -0.25) is 9.78 Å². The molecule has 18 heavy (non-hydrogen) atoms. The minimum absolute atomic E-state index is 0.0885. The monoisotopic (exact) mass is 265 g/mol. The second kappa shape index (κ2) is 5.30. The minimum Gasteiger partial charge on any atom is -0.469 e. The maximum absolute atomic E-state index is 11.5. The van der Waals surface area contributed by atoms with Crippen molar-refractivity contribution in [3.8, 4) is 0 Å². The number of ether oxygens (including phenoxy) is 1. The smallest absolute Gasteiger partial charge is 0.310 e. The highest BCUT2D eigenvalue weighted by Gasteiger charge is 2.30. The van der Waals surface area contributed by atoms with Gasteiger partial charge in [0, 0.05) is 19.3 Å². The lowest BCUT2D eigenvalue weighted by Crippen LogP contribution is -2.26. The van der Waals surface area contributed by atoms with E-state index in [0.717, 1.165) is 18.7 Å². The third kappa shape index (κ3) is 2.43. The van der Waals surface area contributed by atoms with E-state index in [1.807, 2.05) is 12.1 Å². The number of hydrogen-bond acceptors (Lipinski definition) is 5. The van der Waals surface area contributed by atoms with Crippen molar-refractivity contribution in [2.45, 2.75) is 6.42 Å². The highest BCUT2D eigenvalue weighted by molar-refractivity contribution is 7.80. The molecule has 1 aromatic heterocycles. The van der Waals surface area contributed by atoms with Gasteiger partial charge in [-0.15, -0.1) is 0 Å². The highest BCUT2D eigenvalue weighted by atomic mass is 32.1. The number of thiocarbonyl (C=S) groups is 1. The molecule has 96 valence electrons. The SMILES string of the molecule is COC(=O)C1CCN(c2cccnc2C(N)=S)C1. The first-order valence-corrected chi connectivity index (χ1v) is 6.12. The second-order valence-electron chi connectivity index (χ2n) is 4.19. The van der Waals surface area contributed by atoms with Gasteiger partial charge < -0.3 is 15.4 Å². The Morgan fingerprint density at radius 1 is 1.67 bits per heavy atom. The first-order chi connectivity index (χ1) is 8.63. The molecule has 0 aromatic carbocycles. The van der Waals surface area contributed by atoms with Gasteiger partial charge >= 0.3 is 5.97 Å². The molecule has 0 spiro atoms. The van der Waals surface area contributed by atoms with Crippen LogP contribution in [0.4, 0.5) is 5.69 Å². The number of esters is 1. The molecule has 1 unspecified atom stereocenters. The first-order valence-electron chi connectivity index (χ1n) is 5.71. The average Bonchev–Trinajstić information content (AvgIpc) is 2.87. The van der Waals surface area contributed by atoms with E-state index in [0.29, 0.717) is 12.2 Å². The Morgan fingerprint density at radius 3 is 3.11 bits per heavy atom. The molecule has 1 fully saturated rings. The molecule has 0 saturated carbocycles. The number of aromatic nitrogens is 1. The molecule has 1 aliphatic heterocycles. The Labute approximate surface area is 111 Å². The molecule has 2 N–H and O–H groups in total. The lowest BCUT2D eigenvalue weighted by atomic mass is 10.1. The number of nitrogens with zero attached hydrogens (tertiary/aromatic N) is 2. The summed E-state index contributed by atoms with van der Waals surface area (Å²) in [6.07, 6.45) is 2.43. The molecule has 0 aliphatic carbocycles. The van der Waals surface area contributed by atoms with Crippen molar-refractivity contribution in [2.24, 2.45) is 11.7 Å². The Kier molecular flexibility index (Phi) is 3.76. The van der Waals surface area contributed by atoms with Crippen LogP contribution in [0.3, 0.4) is 0 Å². The fraction of sp³-hybridized carbons (Fsp3) is 0.417. The summed E-state index contributed by atoms with van der Waals surface area (Å²) in [6, 6.07) is 3.75. The molecule has 0 amide bonds. The summed E-state index contributed by atoms with van der Waals surface area (Å²) in [7, 11) is 1.41. The Morgan fingerprint density at radius 2 is 2.44 bits per heavy atom. The van der Waals surface area contributed by atoms with Crippen molar-refractivity contribution in [3.05, 3.63) is 24.0 Å². The summed E-state index contributed by atoms with van der Waals surface area (Å²) in [5.41, 5.74) is 7.15. The molecule has 1 atom stereocenters. The van der Waals surface area contributed by atoms with Crippen molar-refractivity contribution in [2.75, 3.05) is 25.1 Å². The molecule has 2 heterocycles. The Hall–Kier alpha value is -1.69. The number of methoxy groups -OCH3 is 1. The molecule has 1 aliphatic rings. The summed E-state index contributed by atoms with van der Waals surface area (Å²) in [4.78, 5) is 18.0. The topological polar surface area (TPSA) is 68.5 Å². The van der Waals surface area contributed by atoms with Crippen LogP contribution in [0.2, 0.25) is 0 Å². The van der Waals surface area contributed by atoms with Gasteiger partial charge in [0.2, 0.25) is 0 Å². The molecule has 1 saturated heterocycles. The molecule has 2 rings (SSSR count). The Bertz CT molecular complexity index is 478. The van der Waals surface area contributed by atoms with Gasteiger partial charge in [-0.25, -0.2) is 0 Å². The van der Waals surface area contributed by atoms with Gasteiger partial charge in [-0.1, -0.05) is 12.2 Å². The highest BCUT2D eigenvalue weighted by Crippen LogP contribution is 2.26. The average molecular weight is 265 g/mol. The summed E-state index contributed by atoms with van der Waals surface area (Å²) in [5.74, 6) is -0.257. The number of carbonyl (C=O) groups excluding carboxylic acids is 1. The molecule has 0 bridgehead atoms. The van der Waals surface area contributed by atoms with Gasteiger partial charge in [-0.2, -0.15) is 0 Å². The van der Waals surface area contributed by atoms with Crippen molar-refractivity contribution >= 4 is 28.9 Å². The van der Waals surface area contributed by atoms with Crippen LogP contribution in [0.15, 0.2) is 18.3 Å².